The summed E-state index contributed by atoms with van der Waals surface area (Å²) >= 11 is 0. The molecule has 21 heavy (non-hydrogen) atoms. The van der Waals surface area contributed by atoms with E-state index < -0.39 is 13.4 Å². The van der Waals surface area contributed by atoms with Crippen LogP contribution in [0.4, 0.5) is 0 Å². The van der Waals surface area contributed by atoms with Crippen molar-refractivity contribution in [2.75, 3.05) is 14.2 Å². The van der Waals surface area contributed by atoms with Gasteiger partial charge in [-0.25, -0.2) is 0 Å². The van der Waals surface area contributed by atoms with E-state index in [9.17, 15) is 4.57 Å². The van der Waals surface area contributed by atoms with E-state index in [2.05, 4.69) is 10.3 Å². The monoisotopic (exact) mass is 306 g/mol. The van der Waals surface area contributed by atoms with Crippen molar-refractivity contribution >= 4 is 7.60 Å². The van der Waals surface area contributed by atoms with Gasteiger partial charge in [0.05, 0.1) is 5.69 Å². The Hall–Kier alpha value is -1.52. The van der Waals surface area contributed by atoms with Crippen molar-refractivity contribution in [3.05, 3.63) is 66.0 Å². The van der Waals surface area contributed by atoms with Crippen molar-refractivity contribution in [1.82, 2.24) is 10.3 Å². The lowest BCUT2D eigenvalue weighted by Gasteiger charge is -2.25. The van der Waals surface area contributed by atoms with Crippen LogP contribution < -0.4 is 5.32 Å². The zero-order valence-electron chi connectivity index (χ0n) is 12.1. The fourth-order valence-corrected chi connectivity index (χ4v) is 3.37. The minimum atomic E-state index is -3.32. The SMILES string of the molecule is COP(=O)(OC)C(NCc1ccccc1)c1ccccn1. The number of rotatable bonds is 7. The zero-order valence-corrected chi connectivity index (χ0v) is 13.0. The molecule has 0 aliphatic heterocycles. The van der Waals surface area contributed by atoms with E-state index in [1.807, 2.05) is 42.5 Å². The van der Waals surface area contributed by atoms with E-state index in [0.29, 0.717) is 12.2 Å². The lowest BCUT2D eigenvalue weighted by Crippen LogP contribution is -2.23. The zero-order chi connectivity index (χ0) is 15.1. The van der Waals surface area contributed by atoms with Crippen LogP contribution in [-0.4, -0.2) is 19.2 Å². The molecule has 1 aromatic heterocycles. The van der Waals surface area contributed by atoms with Crippen LogP contribution in [0.25, 0.3) is 0 Å². The van der Waals surface area contributed by atoms with E-state index in [-0.39, 0.29) is 0 Å². The van der Waals surface area contributed by atoms with Crippen LogP contribution in [0, 0.1) is 0 Å². The second-order valence-corrected chi connectivity index (χ2v) is 6.75. The van der Waals surface area contributed by atoms with Gasteiger partial charge < -0.3 is 9.05 Å². The molecule has 0 spiro atoms. The van der Waals surface area contributed by atoms with Gasteiger partial charge in [-0.05, 0) is 17.7 Å². The summed E-state index contributed by atoms with van der Waals surface area (Å²) in [7, 11) is -0.565. The van der Waals surface area contributed by atoms with Crippen LogP contribution in [0.5, 0.6) is 0 Å². The Bertz CT molecular complexity index is 584. The second kappa shape index (κ2) is 7.48. The van der Waals surface area contributed by atoms with Gasteiger partial charge in [-0.2, -0.15) is 0 Å². The van der Waals surface area contributed by atoms with Gasteiger partial charge in [0, 0.05) is 27.0 Å². The van der Waals surface area contributed by atoms with Crippen LogP contribution in [0.1, 0.15) is 17.0 Å². The molecule has 6 heteroatoms. The summed E-state index contributed by atoms with van der Waals surface area (Å²) in [5, 5.41) is 3.22. The number of nitrogens with zero attached hydrogens (tertiary/aromatic N) is 1. The summed E-state index contributed by atoms with van der Waals surface area (Å²) in [6.45, 7) is 0.540. The number of hydrogen-bond donors (Lipinski definition) is 1. The minimum Gasteiger partial charge on any atom is -0.311 e. The van der Waals surface area contributed by atoms with E-state index >= 15 is 0 Å². The van der Waals surface area contributed by atoms with Gasteiger partial charge in [-0.15, -0.1) is 0 Å². The molecule has 0 aliphatic carbocycles. The molecule has 0 saturated heterocycles. The maximum atomic E-state index is 12.7. The van der Waals surface area contributed by atoms with Gasteiger partial charge in [-0.1, -0.05) is 36.4 Å². The molecule has 2 rings (SSSR count). The maximum Gasteiger partial charge on any atom is 0.353 e. The highest BCUT2D eigenvalue weighted by Crippen LogP contribution is 2.58. The molecule has 0 radical (unpaired) electrons. The lowest BCUT2D eigenvalue weighted by molar-refractivity contribution is 0.258. The van der Waals surface area contributed by atoms with Gasteiger partial charge in [0.15, 0.2) is 5.78 Å². The Kier molecular flexibility index (Phi) is 5.65. The quantitative estimate of drug-likeness (QED) is 0.795. The molecule has 1 atom stereocenters. The molecular formula is C15H19N2O3P. The molecule has 1 N–H and O–H groups in total. The Labute approximate surface area is 124 Å². The van der Waals surface area contributed by atoms with Crippen molar-refractivity contribution in [1.29, 1.82) is 0 Å². The van der Waals surface area contributed by atoms with E-state index in [1.54, 1.807) is 12.3 Å². The molecule has 0 saturated carbocycles. The number of benzene rings is 1. The number of pyridine rings is 1. The first kappa shape index (κ1) is 15.9. The fraction of sp³-hybridized carbons (Fsp3) is 0.267. The summed E-state index contributed by atoms with van der Waals surface area (Å²) in [5.41, 5.74) is 1.71. The van der Waals surface area contributed by atoms with Gasteiger partial charge in [0.1, 0.15) is 0 Å². The van der Waals surface area contributed by atoms with Crippen LogP contribution in [0.2, 0.25) is 0 Å². The summed E-state index contributed by atoms with van der Waals surface area (Å²) in [4.78, 5) is 4.26. The Morgan fingerprint density at radius 2 is 1.76 bits per heavy atom. The van der Waals surface area contributed by atoms with E-state index in [1.165, 1.54) is 14.2 Å². The van der Waals surface area contributed by atoms with Gasteiger partial charge >= 0.3 is 7.60 Å². The van der Waals surface area contributed by atoms with Gasteiger partial charge in [-0.3, -0.25) is 14.9 Å². The Morgan fingerprint density at radius 3 is 2.33 bits per heavy atom. The third-order valence-electron chi connectivity index (χ3n) is 3.14. The molecular weight excluding hydrogens is 287 g/mol. The number of aromatic nitrogens is 1. The smallest absolute Gasteiger partial charge is 0.311 e. The normalized spacial score (nSPS) is 13.0. The lowest BCUT2D eigenvalue weighted by atomic mass is 10.2. The number of hydrogen-bond acceptors (Lipinski definition) is 5. The summed E-state index contributed by atoms with van der Waals surface area (Å²) in [6.07, 6.45) is 1.65. The molecule has 1 unspecified atom stereocenters. The topological polar surface area (TPSA) is 60.5 Å². The molecule has 1 aromatic carbocycles. The molecule has 5 nitrogen and oxygen atoms in total. The first-order chi connectivity index (χ1) is 10.2. The van der Waals surface area contributed by atoms with Crippen molar-refractivity contribution in [2.45, 2.75) is 12.3 Å². The average molecular weight is 306 g/mol. The summed E-state index contributed by atoms with van der Waals surface area (Å²) in [6, 6.07) is 15.3. The molecule has 0 amide bonds. The summed E-state index contributed by atoms with van der Waals surface area (Å²) in [5.74, 6) is -0.617. The van der Waals surface area contributed by atoms with Crippen molar-refractivity contribution in [3.8, 4) is 0 Å². The molecule has 1 heterocycles. The molecule has 0 aliphatic rings. The van der Waals surface area contributed by atoms with Crippen molar-refractivity contribution in [2.24, 2.45) is 0 Å². The van der Waals surface area contributed by atoms with Gasteiger partial charge in [0.2, 0.25) is 0 Å². The van der Waals surface area contributed by atoms with Crippen molar-refractivity contribution in [3.63, 3.8) is 0 Å². The fourth-order valence-electron chi connectivity index (χ4n) is 2.01. The number of nitrogens with one attached hydrogen (secondary N) is 1. The molecule has 0 fully saturated rings. The first-order valence-corrected chi connectivity index (χ1v) is 8.20. The van der Waals surface area contributed by atoms with Gasteiger partial charge in [0.25, 0.3) is 0 Å². The third-order valence-corrected chi connectivity index (χ3v) is 5.23. The molecule has 2 aromatic rings. The van der Waals surface area contributed by atoms with Crippen LogP contribution in [0.15, 0.2) is 54.7 Å². The van der Waals surface area contributed by atoms with Crippen LogP contribution in [0.3, 0.4) is 0 Å². The molecule has 112 valence electrons. The predicted molar refractivity (Wildman–Crippen MR) is 81.9 cm³/mol. The Morgan fingerprint density at radius 1 is 1.10 bits per heavy atom. The van der Waals surface area contributed by atoms with Crippen LogP contribution in [-0.2, 0) is 20.2 Å². The van der Waals surface area contributed by atoms with E-state index in [4.69, 9.17) is 9.05 Å². The van der Waals surface area contributed by atoms with Crippen LogP contribution >= 0.6 is 7.60 Å². The highest BCUT2D eigenvalue weighted by molar-refractivity contribution is 7.54. The molecule has 0 bridgehead atoms. The largest absolute Gasteiger partial charge is 0.353 e. The third kappa shape index (κ3) is 3.99. The maximum absolute atomic E-state index is 12.7. The predicted octanol–water partition coefficient (Wildman–Crippen LogP) is 3.36. The highest BCUT2D eigenvalue weighted by Gasteiger charge is 2.36. The summed E-state index contributed by atoms with van der Waals surface area (Å²) < 4.78 is 23.0. The second-order valence-electron chi connectivity index (χ2n) is 4.43. The highest BCUT2D eigenvalue weighted by atomic mass is 31.2. The minimum absolute atomic E-state index is 0.540. The van der Waals surface area contributed by atoms with Crippen molar-refractivity contribution < 1.29 is 13.6 Å². The standard InChI is InChI=1S/C15H19N2O3P/c1-19-21(18,20-2)15(14-10-6-7-11-16-14)17-12-13-8-4-3-5-9-13/h3-11,15,17H,12H2,1-2H3. The average Bonchev–Trinajstić information content (AvgIpc) is 2.56. The Balaban J connectivity index is 2.22. The first-order valence-electron chi connectivity index (χ1n) is 6.59. The van der Waals surface area contributed by atoms with E-state index in [0.717, 1.165) is 5.56 Å².